The average molecular weight is 472 g/mol. The number of hydrogen-bond donors (Lipinski definition) is 0. The lowest BCUT2D eigenvalue weighted by Gasteiger charge is -2.20. The summed E-state index contributed by atoms with van der Waals surface area (Å²) in [6, 6.07) is 21.9. The average Bonchev–Trinajstić information content (AvgIpc) is 3.12. The lowest BCUT2D eigenvalue weighted by molar-refractivity contribution is 0.0896. The molecule has 0 fully saturated rings. The van der Waals surface area contributed by atoms with Crippen LogP contribution in [0.1, 0.15) is 26.4 Å². The second-order valence-corrected chi connectivity index (χ2v) is 7.82. The molecule has 8 heteroatoms. The standard InChI is InChI=1S/C27H25N3O5/c1-18-24(27(33)30(28(18)2)21-12-6-5-7-13-21)29(25(31)19-10-8-14-22(16-19)34-3)26(32)20-11-9-15-23(17-20)35-4/h5-17H,1-4H3. The van der Waals surface area contributed by atoms with Gasteiger partial charge in [0.25, 0.3) is 17.4 Å². The van der Waals surface area contributed by atoms with Crippen molar-refractivity contribution in [2.75, 3.05) is 19.1 Å². The third-order valence-electron chi connectivity index (χ3n) is 5.79. The minimum absolute atomic E-state index is 0.0306. The summed E-state index contributed by atoms with van der Waals surface area (Å²) < 4.78 is 13.6. The van der Waals surface area contributed by atoms with E-state index in [0.717, 1.165) is 4.90 Å². The Bertz CT molecular complexity index is 1390. The Morgan fingerprint density at radius 3 is 1.77 bits per heavy atom. The molecule has 1 heterocycles. The summed E-state index contributed by atoms with van der Waals surface area (Å²) >= 11 is 0. The predicted molar refractivity (Wildman–Crippen MR) is 133 cm³/mol. The molecular weight excluding hydrogens is 446 g/mol. The quantitative estimate of drug-likeness (QED) is 0.397. The van der Waals surface area contributed by atoms with Crippen LogP contribution in [0.15, 0.2) is 83.7 Å². The van der Waals surface area contributed by atoms with Gasteiger partial charge in [0.1, 0.15) is 17.2 Å². The smallest absolute Gasteiger partial charge is 0.296 e. The minimum atomic E-state index is -0.650. The highest BCUT2D eigenvalue weighted by Crippen LogP contribution is 2.25. The Labute approximate surface area is 202 Å². The summed E-state index contributed by atoms with van der Waals surface area (Å²) in [5, 5.41) is 0. The molecule has 0 saturated carbocycles. The van der Waals surface area contributed by atoms with Crippen molar-refractivity contribution in [1.29, 1.82) is 0 Å². The highest BCUT2D eigenvalue weighted by Gasteiger charge is 2.33. The molecule has 0 unspecified atom stereocenters. The van der Waals surface area contributed by atoms with Crippen LogP contribution in [0.3, 0.4) is 0 Å². The molecule has 1 aromatic heterocycles. The van der Waals surface area contributed by atoms with E-state index >= 15 is 0 Å². The van der Waals surface area contributed by atoms with E-state index in [4.69, 9.17) is 9.47 Å². The molecule has 0 aliphatic heterocycles. The number of hydrogen-bond acceptors (Lipinski definition) is 5. The second kappa shape index (κ2) is 9.72. The Balaban J connectivity index is 1.94. The molecule has 0 radical (unpaired) electrons. The van der Waals surface area contributed by atoms with Gasteiger partial charge >= 0.3 is 0 Å². The van der Waals surface area contributed by atoms with Gasteiger partial charge in [0.2, 0.25) is 0 Å². The summed E-state index contributed by atoms with van der Waals surface area (Å²) in [6.07, 6.45) is 0. The van der Waals surface area contributed by atoms with Gasteiger partial charge in [0, 0.05) is 18.2 Å². The zero-order chi connectivity index (χ0) is 25.1. The van der Waals surface area contributed by atoms with E-state index in [1.807, 2.05) is 18.2 Å². The molecule has 0 bridgehead atoms. The third kappa shape index (κ3) is 4.33. The van der Waals surface area contributed by atoms with E-state index in [9.17, 15) is 14.4 Å². The fraction of sp³-hybridized carbons (Fsp3) is 0.148. The van der Waals surface area contributed by atoms with Crippen LogP contribution in [0, 0.1) is 6.92 Å². The number of aromatic nitrogens is 2. The lowest BCUT2D eigenvalue weighted by Crippen LogP contribution is -2.40. The molecule has 178 valence electrons. The van der Waals surface area contributed by atoms with Crippen molar-refractivity contribution in [3.8, 4) is 17.2 Å². The molecule has 2 amide bonds. The maximum Gasteiger partial charge on any atom is 0.296 e. The number of rotatable bonds is 6. The Kier molecular flexibility index (Phi) is 6.55. The van der Waals surface area contributed by atoms with Crippen LogP contribution in [-0.2, 0) is 7.05 Å². The fourth-order valence-electron chi connectivity index (χ4n) is 3.88. The van der Waals surface area contributed by atoms with Crippen molar-refractivity contribution in [2.45, 2.75) is 6.92 Å². The topological polar surface area (TPSA) is 82.8 Å². The number of ether oxygens (including phenoxy) is 2. The van der Waals surface area contributed by atoms with E-state index in [1.54, 1.807) is 67.2 Å². The summed E-state index contributed by atoms with van der Waals surface area (Å²) in [5.74, 6) is -0.391. The Hall–Kier alpha value is -4.59. The van der Waals surface area contributed by atoms with Gasteiger partial charge in [-0.15, -0.1) is 0 Å². The first kappa shape index (κ1) is 23.6. The molecule has 0 saturated heterocycles. The van der Waals surface area contributed by atoms with Crippen molar-refractivity contribution in [3.05, 3.63) is 106 Å². The van der Waals surface area contributed by atoms with Crippen LogP contribution in [0.4, 0.5) is 5.69 Å². The lowest BCUT2D eigenvalue weighted by atomic mass is 10.1. The van der Waals surface area contributed by atoms with E-state index in [1.165, 1.54) is 31.0 Å². The summed E-state index contributed by atoms with van der Waals surface area (Å²) in [6.45, 7) is 1.70. The van der Waals surface area contributed by atoms with E-state index in [-0.39, 0.29) is 16.8 Å². The van der Waals surface area contributed by atoms with Gasteiger partial charge in [-0.25, -0.2) is 9.58 Å². The number of amides is 2. The third-order valence-corrected chi connectivity index (χ3v) is 5.79. The van der Waals surface area contributed by atoms with Crippen molar-refractivity contribution < 1.29 is 19.1 Å². The molecule has 0 spiro atoms. The van der Waals surface area contributed by atoms with Crippen molar-refractivity contribution in [1.82, 2.24) is 9.36 Å². The van der Waals surface area contributed by atoms with Gasteiger partial charge < -0.3 is 9.47 Å². The second-order valence-electron chi connectivity index (χ2n) is 7.82. The molecule has 0 N–H and O–H groups in total. The van der Waals surface area contributed by atoms with Crippen LogP contribution in [0.5, 0.6) is 11.5 Å². The van der Waals surface area contributed by atoms with E-state index in [2.05, 4.69) is 0 Å². The zero-order valence-electron chi connectivity index (χ0n) is 19.9. The highest BCUT2D eigenvalue weighted by molar-refractivity contribution is 6.26. The maximum atomic E-state index is 13.8. The summed E-state index contributed by atoms with van der Waals surface area (Å²) in [4.78, 5) is 42.3. The molecular formula is C27H25N3O5. The number of carbonyl (C=O) groups excluding carboxylic acids is 2. The van der Waals surface area contributed by atoms with Crippen LogP contribution in [-0.4, -0.2) is 35.4 Å². The molecule has 0 aliphatic rings. The Morgan fingerprint density at radius 1 is 0.771 bits per heavy atom. The first-order chi connectivity index (χ1) is 16.9. The van der Waals surface area contributed by atoms with Crippen LogP contribution in [0.2, 0.25) is 0 Å². The van der Waals surface area contributed by atoms with E-state index in [0.29, 0.717) is 22.9 Å². The van der Waals surface area contributed by atoms with Gasteiger partial charge in [0.05, 0.1) is 25.6 Å². The first-order valence-corrected chi connectivity index (χ1v) is 10.9. The van der Waals surface area contributed by atoms with Gasteiger partial charge in [0.15, 0.2) is 0 Å². The number of para-hydroxylation sites is 1. The van der Waals surface area contributed by atoms with Gasteiger partial charge in [-0.2, -0.15) is 0 Å². The first-order valence-electron chi connectivity index (χ1n) is 10.9. The van der Waals surface area contributed by atoms with Crippen LogP contribution in [0.25, 0.3) is 5.69 Å². The van der Waals surface area contributed by atoms with Crippen LogP contribution < -0.4 is 19.9 Å². The van der Waals surface area contributed by atoms with Gasteiger partial charge in [-0.05, 0) is 55.5 Å². The predicted octanol–water partition coefficient (Wildman–Crippen LogP) is 3.99. The number of imide groups is 1. The van der Waals surface area contributed by atoms with Crippen LogP contribution >= 0.6 is 0 Å². The van der Waals surface area contributed by atoms with Crippen molar-refractivity contribution in [2.24, 2.45) is 7.05 Å². The number of carbonyl (C=O) groups is 2. The molecule has 0 atom stereocenters. The van der Waals surface area contributed by atoms with Crippen molar-refractivity contribution in [3.63, 3.8) is 0 Å². The largest absolute Gasteiger partial charge is 0.497 e. The molecule has 35 heavy (non-hydrogen) atoms. The number of benzene rings is 3. The molecule has 4 aromatic rings. The number of anilines is 1. The van der Waals surface area contributed by atoms with Gasteiger partial charge in [-0.1, -0.05) is 30.3 Å². The molecule has 8 nitrogen and oxygen atoms in total. The maximum absolute atomic E-state index is 13.8. The van der Waals surface area contributed by atoms with Gasteiger partial charge in [-0.3, -0.25) is 19.1 Å². The van der Waals surface area contributed by atoms with E-state index < -0.39 is 17.4 Å². The van der Waals surface area contributed by atoms with Crippen molar-refractivity contribution >= 4 is 17.5 Å². The number of methoxy groups -OCH3 is 2. The molecule has 3 aromatic carbocycles. The highest BCUT2D eigenvalue weighted by atomic mass is 16.5. The minimum Gasteiger partial charge on any atom is -0.497 e. The zero-order valence-corrected chi connectivity index (χ0v) is 19.9. The monoisotopic (exact) mass is 471 g/mol. The molecule has 4 rings (SSSR count). The normalized spacial score (nSPS) is 10.6. The molecule has 0 aliphatic carbocycles. The Morgan fingerprint density at radius 2 is 1.29 bits per heavy atom. The fourth-order valence-corrected chi connectivity index (χ4v) is 3.88. The summed E-state index contributed by atoms with van der Waals surface area (Å²) in [5.41, 5.74) is 0.938. The number of nitrogens with zero attached hydrogens (tertiary/aromatic N) is 3. The summed E-state index contributed by atoms with van der Waals surface area (Å²) in [7, 11) is 4.68. The SMILES string of the molecule is COc1cccc(C(=O)N(C(=O)c2cccc(OC)c2)c2c(C)n(C)n(-c3ccccc3)c2=O)c1.